The molecule has 1 aromatic heterocycles. The Morgan fingerprint density at radius 1 is 1.28 bits per heavy atom. The molecule has 0 aliphatic heterocycles. The Hall–Kier alpha value is -1.69. The molecule has 1 aromatic carbocycles. The van der Waals surface area contributed by atoms with Gasteiger partial charge in [-0.1, -0.05) is 11.8 Å². The van der Waals surface area contributed by atoms with Crippen molar-refractivity contribution >= 4 is 17.4 Å². The summed E-state index contributed by atoms with van der Waals surface area (Å²) in [5.74, 6) is 1.76. The molecule has 1 heterocycles. The van der Waals surface area contributed by atoms with Crippen LogP contribution in [0, 0.1) is 0 Å². The molecule has 96 valence electrons. The summed E-state index contributed by atoms with van der Waals surface area (Å²) >= 11 is 1.59. The standard InChI is InChI=1S/C12H16N4OS/c1-16-11(14-15-12(16)18-3)8-13-9-4-6-10(17-2)7-5-9/h4-7,13H,8H2,1-3H3. The van der Waals surface area contributed by atoms with Crippen LogP contribution in [-0.4, -0.2) is 28.1 Å². The molecule has 0 aliphatic rings. The van der Waals surface area contributed by atoms with Gasteiger partial charge in [-0.05, 0) is 30.5 Å². The van der Waals surface area contributed by atoms with Crippen molar-refractivity contribution < 1.29 is 4.74 Å². The highest BCUT2D eigenvalue weighted by molar-refractivity contribution is 7.98. The number of hydrogen-bond donors (Lipinski definition) is 1. The number of rotatable bonds is 5. The third kappa shape index (κ3) is 2.76. The van der Waals surface area contributed by atoms with Gasteiger partial charge in [0.05, 0.1) is 13.7 Å². The van der Waals surface area contributed by atoms with Crippen molar-refractivity contribution in [3.8, 4) is 5.75 Å². The number of ether oxygens (including phenoxy) is 1. The van der Waals surface area contributed by atoms with Gasteiger partial charge in [0.2, 0.25) is 0 Å². The molecule has 2 aromatic rings. The van der Waals surface area contributed by atoms with E-state index in [1.54, 1.807) is 18.9 Å². The molecule has 0 aliphatic carbocycles. The summed E-state index contributed by atoms with van der Waals surface area (Å²) in [5.41, 5.74) is 1.03. The fourth-order valence-corrected chi connectivity index (χ4v) is 2.07. The highest BCUT2D eigenvalue weighted by atomic mass is 32.2. The first-order chi connectivity index (χ1) is 8.74. The summed E-state index contributed by atoms with van der Waals surface area (Å²) < 4.78 is 7.10. The smallest absolute Gasteiger partial charge is 0.190 e. The number of anilines is 1. The molecule has 2 rings (SSSR count). The summed E-state index contributed by atoms with van der Waals surface area (Å²) in [5, 5.41) is 12.5. The molecular formula is C12H16N4OS. The highest BCUT2D eigenvalue weighted by Gasteiger charge is 2.06. The molecule has 0 saturated carbocycles. The van der Waals surface area contributed by atoms with Gasteiger partial charge in [0.25, 0.3) is 0 Å². The van der Waals surface area contributed by atoms with Gasteiger partial charge in [-0.15, -0.1) is 10.2 Å². The molecule has 0 spiro atoms. The zero-order valence-corrected chi connectivity index (χ0v) is 11.5. The molecule has 18 heavy (non-hydrogen) atoms. The van der Waals surface area contributed by atoms with E-state index < -0.39 is 0 Å². The zero-order valence-electron chi connectivity index (χ0n) is 10.7. The molecule has 0 amide bonds. The lowest BCUT2D eigenvalue weighted by molar-refractivity contribution is 0.415. The normalized spacial score (nSPS) is 10.4. The SMILES string of the molecule is COc1ccc(NCc2nnc(SC)n2C)cc1. The number of methoxy groups -OCH3 is 1. The predicted octanol–water partition coefficient (Wildman–Crippen LogP) is 2.16. The maximum Gasteiger partial charge on any atom is 0.190 e. The van der Waals surface area contributed by atoms with Gasteiger partial charge in [0, 0.05) is 12.7 Å². The van der Waals surface area contributed by atoms with Crippen LogP contribution in [-0.2, 0) is 13.6 Å². The van der Waals surface area contributed by atoms with Gasteiger partial charge in [-0.2, -0.15) is 0 Å². The van der Waals surface area contributed by atoms with E-state index in [1.165, 1.54) is 0 Å². The van der Waals surface area contributed by atoms with E-state index in [-0.39, 0.29) is 0 Å². The lowest BCUT2D eigenvalue weighted by Gasteiger charge is -2.07. The molecule has 0 bridgehead atoms. The summed E-state index contributed by atoms with van der Waals surface area (Å²) in [6.45, 7) is 0.649. The van der Waals surface area contributed by atoms with Crippen LogP contribution < -0.4 is 10.1 Å². The van der Waals surface area contributed by atoms with E-state index in [0.717, 1.165) is 22.4 Å². The minimum absolute atomic E-state index is 0.649. The van der Waals surface area contributed by atoms with Gasteiger partial charge in [-0.3, -0.25) is 0 Å². The van der Waals surface area contributed by atoms with Gasteiger partial charge < -0.3 is 14.6 Å². The molecule has 0 unspecified atom stereocenters. The van der Waals surface area contributed by atoms with Gasteiger partial charge in [-0.25, -0.2) is 0 Å². The lowest BCUT2D eigenvalue weighted by Crippen LogP contribution is -2.06. The van der Waals surface area contributed by atoms with Crippen LogP contribution >= 0.6 is 11.8 Å². The topological polar surface area (TPSA) is 52.0 Å². The van der Waals surface area contributed by atoms with Crippen LogP contribution in [0.3, 0.4) is 0 Å². The predicted molar refractivity (Wildman–Crippen MR) is 73.1 cm³/mol. The number of benzene rings is 1. The second-order valence-corrected chi connectivity index (χ2v) is 4.52. The third-order valence-corrected chi connectivity index (χ3v) is 3.37. The van der Waals surface area contributed by atoms with E-state index in [1.807, 2.05) is 42.1 Å². The minimum atomic E-state index is 0.649. The Morgan fingerprint density at radius 3 is 2.56 bits per heavy atom. The first-order valence-electron chi connectivity index (χ1n) is 5.54. The Bertz CT molecular complexity index is 509. The first kappa shape index (κ1) is 12.8. The van der Waals surface area contributed by atoms with Crippen molar-refractivity contribution in [2.75, 3.05) is 18.7 Å². The van der Waals surface area contributed by atoms with Gasteiger partial charge in [0.1, 0.15) is 5.75 Å². The molecule has 5 nitrogen and oxygen atoms in total. The summed E-state index contributed by atoms with van der Waals surface area (Å²) in [4.78, 5) is 0. The van der Waals surface area contributed by atoms with Crippen molar-refractivity contribution in [2.24, 2.45) is 7.05 Å². The quantitative estimate of drug-likeness (QED) is 0.839. The highest BCUT2D eigenvalue weighted by Crippen LogP contribution is 2.16. The van der Waals surface area contributed by atoms with Gasteiger partial charge in [0.15, 0.2) is 11.0 Å². The van der Waals surface area contributed by atoms with Crippen LogP contribution in [0.25, 0.3) is 0 Å². The minimum Gasteiger partial charge on any atom is -0.497 e. The molecule has 0 atom stereocenters. The van der Waals surface area contributed by atoms with Gasteiger partial charge >= 0.3 is 0 Å². The Kier molecular flexibility index (Phi) is 4.09. The van der Waals surface area contributed by atoms with E-state index in [9.17, 15) is 0 Å². The average Bonchev–Trinajstić information content (AvgIpc) is 2.77. The van der Waals surface area contributed by atoms with E-state index >= 15 is 0 Å². The monoisotopic (exact) mass is 264 g/mol. The second-order valence-electron chi connectivity index (χ2n) is 3.74. The number of thioether (sulfide) groups is 1. The average molecular weight is 264 g/mol. The molecule has 1 N–H and O–H groups in total. The molecule has 0 radical (unpaired) electrons. The lowest BCUT2D eigenvalue weighted by atomic mass is 10.3. The summed E-state index contributed by atoms with van der Waals surface area (Å²) in [6.07, 6.45) is 1.99. The van der Waals surface area contributed by atoms with Crippen LogP contribution in [0.2, 0.25) is 0 Å². The molecular weight excluding hydrogens is 248 g/mol. The fourth-order valence-electron chi connectivity index (χ4n) is 1.57. The van der Waals surface area contributed by atoms with Crippen LogP contribution in [0.1, 0.15) is 5.82 Å². The van der Waals surface area contributed by atoms with Crippen molar-refractivity contribution in [1.82, 2.24) is 14.8 Å². The molecule has 0 saturated heterocycles. The van der Waals surface area contributed by atoms with Crippen LogP contribution in [0.5, 0.6) is 5.75 Å². The Labute approximate surface area is 111 Å². The van der Waals surface area contributed by atoms with Crippen LogP contribution in [0.4, 0.5) is 5.69 Å². The number of aromatic nitrogens is 3. The molecule has 6 heteroatoms. The maximum atomic E-state index is 5.11. The first-order valence-corrected chi connectivity index (χ1v) is 6.77. The summed E-state index contributed by atoms with van der Waals surface area (Å²) in [6, 6.07) is 7.80. The maximum absolute atomic E-state index is 5.11. The van der Waals surface area contributed by atoms with Crippen molar-refractivity contribution in [1.29, 1.82) is 0 Å². The van der Waals surface area contributed by atoms with Crippen molar-refractivity contribution in [3.05, 3.63) is 30.1 Å². The van der Waals surface area contributed by atoms with E-state index in [0.29, 0.717) is 6.54 Å². The third-order valence-electron chi connectivity index (χ3n) is 2.65. The second kappa shape index (κ2) is 5.77. The fraction of sp³-hybridized carbons (Fsp3) is 0.333. The Morgan fingerprint density at radius 2 is 2.00 bits per heavy atom. The largest absolute Gasteiger partial charge is 0.497 e. The van der Waals surface area contributed by atoms with E-state index in [2.05, 4.69) is 15.5 Å². The van der Waals surface area contributed by atoms with Crippen molar-refractivity contribution in [2.45, 2.75) is 11.7 Å². The van der Waals surface area contributed by atoms with Crippen molar-refractivity contribution in [3.63, 3.8) is 0 Å². The molecule has 0 fully saturated rings. The Balaban J connectivity index is 1.99. The zero-order chi connectivity index (χ0) is 13.0. The number of nitrogens with zero attached hydrogens (tertiary/aromatic N) is 3. The van der Waals surface area contributed by atoms with Crippen LogP contribution in [0.15, 0.2) is 29.4 Å². The number of nitrogens with one attached hydrogen (secondary N) is 1. The number of hydrogen-bond acceptors (Lipinski definition) is 5. The van der Waals surface area contributed by atoms with E-state index in [4.69, 9.17) is 4.74 Å². The summed E-state index contributed by atoms with van der Waals surface area (Å²) in [7, 11) is 3.63.